The van der Waals surface area contributed by atoms with E-state index in [1.165, 1.54) is 0 Å². The molecule has 2 heterocycles. The molecule has 2 N–H and O–H groups in total. The smallest absolute Gasteiger partial charge is 0.160 e. The van der Waals surface area contributed by atoms with E-state index in [4.69, 9.17) is 17.3 Å². The molecule has 108 valence electrons. The fourth-order valence-corrected chi connectivity index (χ4v) is 2.52. The van der Waals surface area contributed by atoms with Crippen molar-refractivity contribution < 1.29 is 0 Å². The molecule has 0 fully saturated rings. The number of hydrogen-bond acceptors (Lipinski definition) is 3. The molecular formula is C15H16ClN5. The molecule has 2 aromatic heterocycles. The van der Waals surface area contributed by atoms with Crippen LogP contribution in [0.5, 0.6) is 0 Å². The summed E-state index contributed by atoms with van der Waals surface area (Å²) in [6.07, 6.45) is 4.13. The number of aromatic nitrogens is 4. The van der Waals surface area contributed by atoms with Crippen LogP contribution in [-0.2, 0) is 6.42 Å². The highest BCUT2D eigenvalue weighted by Crippen LogP contribution is 2.23. The van der Waals surface area contributed by atoms with Gasteiger partial charge in [-0.15, -0.1) is 0 Å². The van der Waals surface area contributed by atoms with E-state index in [0.717, 1.165) is 29.2 Å². The SMILES string of the molecule is Cc1nn(-c2ccccc2)c(-n2cc(Cl)cn2)c1CCN. The molecule has 1 aromatic carbocycles. The standard InChI is InChI=1S/C15H16ClN5/c1-11-14(7-8-17)15(20-10-12(16)9-18-20)21(19-11)13-5-3-2-4-6-13/h2-6,9-10H,7-8,17H2,1H3. The molecule has 0 aliphatic carbocycles. The Bertz CT molecular complexity index is 745. The Morgan fingerprint density at radius 3 is 2.62 bits per heavy atom. The third kappa shape index (κ3) is 2.57. The van der Waals surface area contributed by atoms with Gasteiger partial charge >= 0.3 is 0 Å². The zero-order chi connectivity index (χ0) is 14.8. The van der Waals surface area contributed by atoms with Crippen molar-refractivity contribution in [2.75, 3.05) is 6.54 Å². The average molecular weight is 302 g/mol. The van der Waals surface area contributed by atoms with Gasteiger partial charge in [-0.25, -0.2) is 9.36 Å². The average Bonchev–Trinajstić information content (AvgIpc) is 3.05. The largest absolute Gasteiger partial charge is 0.330 e. The van der Waals surface area contributed by atoms with Crippen molar-refractivity contribution in [3.8, 4) is 11.5 Å². The van der Waals surface area contributed by atoms with Gasteiger partial charge in [0.05, 0.1) is 28.8 Å². The molecule has 0 aliphatic heterocycles. The molecular weight excluding hydrogens is 286 g/mol. The molecule has 3 aromatic rings. The van der Waals surface area contributed by atoms with Crippen LogP contribution in [0.25, 0.3) is 11.5 Å². The maximum atomic E-state index is 6.01. The van der Waals surface area contributed by atoms with E-state index in [1.54, 1.807) is 17.1 Å². The third-order valence-electron chi connectivity index (χ3n) is 3.32. The fraction of sp³-hybridized carbons (Fsp3) is 0.200. The van der Waals surface area contributed by atoms with Crippen LogP contribution in [0.15, 0.2) is 42.7 Å². The maximum absolute atomic E-state index is 6.01. The Morgan fingerprint density at radius 1 is 1.24 bits per heavy atom. The first-order chi connectivity index (χ1) is 10.2. The molecule has 0 aliphatic rings. The highest BCUT2D eigenvalue weighted by molar-refractivity contribution is 6.30. The maximum Gasteiger partial charge on any atom is 0.160 e. The van der Waals surface area contributed by atoms with Crippen LogP contribution >= 0.6 is 11.6 Å². The second-order valence-electron chi connectivity index (χ2n) is 4.78. The van der Waals surface area contributed by atoms with Gasteiger partial charge < -0.3 is 5.73 Å². The van der Waals surface area contributed by atoms with E-state index in [-0.39, 0.29) is 0 Å². The van der Waals surface area contributed by atoms with Crippen molar-refractivity contribution in [2.24, 2.45) is 5.73 Å². The molecule has 0 unspecified atom stereocenters. The van der Waals surface area contributed by atoms with E-state index in [1.807, 2.05) is 41.9 Å². The van der Waals surface area contributed by atoms with Crippen molar-refractivity contribution in [1.29, 1.82) is 0 Å². The van der Waals surface area contributed by atoms with Crippen LogP contribution in [0, 0.1) is 6.92 Å². The number of nitrogens with zero attached hydrogens (tertiary/aromatic N) is 4. The van der Waals surface area contributed by atoms with Crippen LogP contribution in [0.1, 0.15) is 11.3 Å². The number of para-hydroxylation sites is 1. The molecule has 0 radical (unpaired) electrons. The van der Waals surface area contributed by atoms with Crippen molar-refractivity contribution in [3.05, 3.63) is 59.0 Å². The molecule has 0 amide bonds. The molecule has 0 saturated carbocycles. The van der Waals surface area contributed by atoms with Gasteiger partial charge in [0, 0.05) is 5.56 Å². The highest BCUT2D eigenvalue weighted by atomic mass is 35.5. The van der Waals surface area contributed by atoms with Crippen LogP contribution in [0.2, 0.25) is 5.02 Å². The van der Waals surface area contributed by atoms with Gasteiger partial charge in [0.15, 0.2) is 5.82 Å². The summed E-state index contributed by atoms with van der Waals surface area (Å²) in [6, 6.07) is 9.95. The van der Waals surface area contributed by atoms with Crippen molar-refractivity contribution in [2.45, 2.75) is 13.3 Å². The number of nitrogens with two attached hydrogens (primary N) is 1. The molecule has 0 bridgehead atoms. The highest BCUT2D eigenvalue weighted by Gasteiger charge is 2.18. The summed E-state index contributed by atoms with van der Waals surface area (Å²) in [5, 5.41) is 9.54. The summed E-state index contributed by atoms with van der Waals surface area (Å²) in [7, 11) is 0. The Labute approximate surface area is 127 Å². The molecule has 0 atom stereocenters. The van der Waals surface area contributed by atoms with Crippen molar-refractivity contribution >= 4 is 11.6 Å². The Balaban J connectivity index is 2.23. The predicted molar refractivity (Wildman–Crippen MR) is 83.2 cm³/mol. The number of rotatable bonds is 4. The summed E-state index contributed by atoms with van der Waals surface area (Å²) < 4.78 is 3.63. The zero-order valence-electron chi connectivity index (χ0n) is 11.7. The summed E-state index contributed by atoms with van der Waals surface area (Å²) in [4.78, 5) is 0. The van der Waals surface area contributed by atoms with Gasteiger partial charge in [-0.05, 0) is 32.0 Å². The van der Waals surface area contributed by atoms with E-state index in [9.17, 15) is 0 Å². The minimum Gasteiger partial charge on any atom is -0.330 e. The van der Waals surface area contributed by atoms with Gasteiger partial charge in [0.25, 0.3) is 0 Å². The molecule has 0 saturated heterocycles. The fourth-order valence-electron chi connectivity index (χ4n) is 2.39. The molecule has 21 heavy (non-hydrogen) atoms. The van der Waals surface area contributed by atoms with Crippen LogP contribution < -0.4 is 5.73 Å². The first kappa shape index (κ1) is 13.9. The molecule has 6 heteroatoms. The lowest BCUT2D eigenvalue weighted by molar-refractivity contribution is 0.755. The topological polar surface area (TPSA) is 61.7 Å². The number of hydrogen-bond donors (Lipinski definition) is 1. The summed E-state index contributed by atoms with van der Waals surface area (Å²) in [5.74, 6) is 0.885. The van der Waals surface area contributed by atoms with Crippen LogP contribution in [-0.4, -0.2) is 26.1 Å². The van der Waals surface area contributed by atoms with Crippen molar-refractivity contribution in [3.63, 3.8) is 0 Å². The lowest BCUT2D eigenvalue weighted by atomic mass is 10.2. The molecule has 5 nitrogen and oxygen atoms in total. The lowest BCUT2D eigenvalue weighted by Crippen LogP contribution is -2.10. The minimum atomic E-state index is 0.559. The first-order valence-electron chi connectivity index (χ1n) is 6.75. The number of aryl methyl sites for hydroxylation is 1. The Morgan fingerprint density at radius 2 is 2.00 bits per heavy atom. The summed E-state index contributed by atoms with van der Waals surface area (Å²) in [6.45, 7) is 2.54. The summed E-state index contributed by atoms with van der Waals surface area (Å²) in [5.41, 5.74) is 8.75. The number of benzene rings is 1. The third-order valence-corrected chi connectivity index (χ3v) is 3.52. The quantitative estimate of drug-likeness (QED) is 0.805. The van der Waals surface area contributed by atoms with E-state index >= 15 is 0 Å². The number of halogens is 1. The summed E-state index contributed by atoms with van der Waals surface area (Å²) >= 11 is 6.01. The second kappa shape index (κ2) is 5.71. The van der Waals surface area contributed by atoms with Gasteiger partial charge in [0.2, 0.25) is 0 Å². The van der Waals surface area contributed by atoms with E-state index < -0.39 is 0 Å². The normalized spacial score (nSPS) is 11.0. The van der Waals surface area contributed by atoms with Crippen LogP contribution in [0.3, 0.4) is 0 Å². The first-order valence-corrected chi connectivity index (χ1v) is 7.13. The van der Waals surface area contributed by atoms with Crippen LogP contribution in [0.4, 0.5) is 0 Å². The van der Waals surface area contributed by atoms with Gasteiger partial charge in [-0.1, -0.05) is 29.8 Å². The van der Waals surface area contributed by atoms with Gasteiger partial charge in [-0.3, -0.25) is 0 Å². The Kier molecular flexibility index (Phi) is 3.77. The monoisotopic (exact) mass is 301 g/mol. The lowest BCUT2D eigenvalue weighted by Gasteiger charge is -2.09. The Hall–Kier alpha value is -2.11. The van der Waals surface area contributed by atoms with Gasteiger partial charge in [0.1, 0.15) is 0 Å². The predicted octanol–water partition coefficient (Wildman–Crippen LogP) is 2.52. The zero-order valence-corrected chi connectivity index (χ0v) is 12.5. The van der Waals surface area contributed by atoms with E-state index in [2.05, 4.69) is 10.2 Å². The molecule has 0 spiro atoms. The van der Waals surface area contributed by atoms with Gasteiger partial charge in [-0.2, -0.15) is 10.2 Å². The van der Waals surface area contributed by atoms with E-state index in [0.29, 0.717) is 11.6 Å². The minimum absolute atomic E-state index is 0.559. The van der Waals surface area contributed by atoms with Crippen molar-refractivity contribution in [1.82, 2.24) is 19.6 Å². The second-order valence-corrected chi connectivity index (χ2v) is 5.21. The molecule has 3 rings (SSSR count).